The normalized spacial score (nSPS) is 22.9. The molecule has 2 aliphatic heterocycles. The van der Waals surface area contributed by atoms with Crippen molar-refractivity contribution >= 4 is 5.91 Å². The van der Waals surface area contributed by atoms with E-state index in [4.69, 9.17) is 5.73 Å². The van der Waals surface area contributed by atoms with E-state index in [-0.39, 0.29) is 5.91 Å². The van der Waals surface area contributed by atoms with E-state index >= 15 is 0 Å². The number of nitrogens with one attached hydrogen (secondary N) is 1. The number of nitrogens with two attached hydrogens (primary N) is 1. The fraction of sp³-hybridized carbons (Fsp3) is 0.583. The topological polar surface area (TPSA) is 78.6 Å². The van der Waals surface area contributed by atoms with Crippen molar-refractivity contribution < 1.29 is 9.90 Å². The Balaban J connectivity index is 1.98. The van der Waals surface area contributed by atoms with E-state index in [0.717, 1.165) is 32.5 Å². The van der Waals surface area contributed by atoms with Crippen molar-refractivity contribution in [1.82, 2.24) is 10.2 Å². The van der Waals surface area contributed by atoms with Crippen LogP contribution >= 0.6 is 0 Å². The second-order valence-electron chi connectivity index (χ2n) is 4.46. The van der Waals surface area contributed by atoms with Gasteiger partial charge in [-0.05, 0) is 18.4 Å². The van der Waals surface area contributed by atoms with Gasteiger partial charge in [0.05, 0.1) is 0 Å². The highest BCUT2D eigenvalue weighted by Gasteiger charge is 2.30. The number of carbonyl (C=O) groups is 1. The number of nitrogens with zero attached hydrogens (tertiary/aromatic N) is 1. The van der Waals surface area contributed by atoms with Crippen LogP contribution in [0.15, 0.2) is 23.9 Å². The van der Waals surface area contributed by atoms with Crippen molar-refractivity contribution in [2.45, 2.75) is 25.0 Å². The van der Waals surface area contributed by atoms with E-state index in [2.05, 4.69) is 5.32 Å². The van der Waals surface area contributed by atoms with Gasteiger partial charge in [-0.1, -0.05) is 12.2 Å². The number of likely N-dealkylation sites (tertiary alicyclic amines) is 1. The van der Waals surface area contributed by atoms with Gasteiger partial charge >= 0.3 is 0 Å². The monoisotopic (exact) mass is 237 g/mol. The number of hydrogen-bond acceptors (Lipinski definition) is 4. The second-order valence-corrected chi connectivity index (χ2v) is 4.46. The largest absolute Gasteiger partial charge is 0.387 e. The molecular formula is C12H19N3O2. The molecule has 5 nitrogen and oxygen atoms in total. The SMILES string of the molecule is N[C@@H](C(=O)N1CCCC1)[C@@H](O)C1=CNCC=C1. The lowest BCUT2D eigenvalue weighted by atomic mass is 10.0. The summed E-state index contributed by atoms with van der Waals surface area (Å²) < 4.78 is 0. The molecule has 0 aromatic rings. The Morgan fingerprint density at radius 1 is 1.47 bits per heavy atom. The predicted molar refractivity (Wildman–Crippen MR) is 65.0 cm³/mol. The molecule has 2 rings (SSSR count). The third-order valence-electron chi connectivity index (χ3n) is 3.20. The molecule has 0 saturated carbocycles. The summed E-state index contributed by atoms with van der Waals surface area (Å²) in [5.41, 5.74) is 6.49. The predicted octanol–water partition coefficient (Wildman–Crippen LogP) is -0.660. The molecule has 0 bridgehead atoms. The van der Waals surface area contributed by atoms with Crippen LogP contribution in [0.3, 0.4) is 0 Å². The van der Waals surface area contributed by atoms with Crippen LogP contribution in [-0.4, -0.2) is 47.7 Å². The van der Waals surface area contributed by atoms with Crippen molar-refractivity contribution in [2.24, 2.45) is 5.73 Å². The molecule has 2 aliphatic rings. The molecule has 1 fully saturated rings. The van der Waals surface area contributed by atoms with Crippen LogP contribution in [0.4, 0.5) is 0 Å². The van der Waals surface area contributed by atoms with Gasteiger partial charge in [-0.2, -0.15) is 0 Å². The standard InChI is InChI=1S/C12H19N3O2/c13-10(12(17)15-6-1-2-7-15)11(16)9-4-3-5-14-8-9/h3-4,8,10-11,14,16H,1-2,5-7,13H2/t10-,11+/m1/s1. The Kier molecular flexibility index (Phi) is 3.81. The molecule has 0 spiro atoms. The summed E-state index contributed by atoms with van der Waals surface area (Å²) in [6, 6.07) is -0.871. The van der Waals surface area contributed by atoms with Gasteiger partial charge in [-0.15, -0.1) is 0 Å². The molecule has 1 amide bonds. The van der Waals surface area contributed by atoms with E-state index in [9.17, 15) is 9.90 Å². The number of aliphatic hydroxyl groups excluding tert-OH is 1. The number of aliphatic hydroxyl groups is 1. The lowest BCUT2D eigenvalue weighted by Crippen LogP contribution is -2.50. The summed E-state index contributed by atoms with van der Waals surface area (Å²) in [5, 5.41) is 13.0. The highest BCUT2D eigenvalue weighted by atomic mass is 16.3. The van der Waals surface area contributed by atoms with Crippen LogP contribution in [0.25, 0.3) is 0 Å². The fourth-order valence-electron chi connectivity index (χ4n) is 2.16. The first-order valence-electron chi connectivity index (χ1n) is 6.02. The van der Waals surface area contributed by atoms with Crippen molar-refractivity contribution in [3.8, 4) is 0 Å². The Bertz CT molecular complexity index is 346. The van der Waals surface area contributed by atoms with Crippen LogP contribution in [0.1, 0.15) is 12.8 Å². The number of hydrogen-bond donors (Lipinski definition) is 3. The van der Waals surface area contributed by atoms with Crippen LogP contribution in [0.2, 0.25) is 0 Å². The second kappa shape index (κ2) is 5.33. The lowest BCUT2D eigenvalue weighted by molar-refractivity contribution is -0.133. The Morgan fingerprint density at radius 2 is 2.18 bits per heavy atom. The third-order valence-corrected chi connectivity index (χ3v) is 3.20. The molecule has 0 aromatic heterocycles. The van der Waals surface area contributed by atoms with Crippen molar-refractivity contribution in [3.63, 3.8) is 0 Å². The molecule has 0 radical (unpaired) electrons. The lowest BCUT2D eigenvalue weighted by Gasteiger charge is -2.25. The van der Waals surface area contributed by atoms with Gasteiger partial charge in [-0.3, -0.25) is 4.79 Å². The van der Waals surface area contributed by atoms with Gasteiger partial charge in [0.2, 0.25) is 5.91 Å². The highest BCUT2D eigenvalue weighted by molar-refractivity contribution is 5.83. The van der Waals surface area contributed by atoms with Gasteiger partial charge in [-0.25, -0.2) is 0 Å². The third kappa shape index (κ3) is 2.68. The van der Waals surface area contributed by atoms with Gasteiger partial charge < -0.3 is 21.1 Å². The average Bonchev–Trinajstić information content (AvgIpc) is 2.91. The smallest absolute Gasteiger partial charge is 0.242 e. The molecule has 17 heavy (non-hydrogen) atoms. The summed E-state index contributed by atoms with van der Waals surface area (Å²) in [4.78, 5) is 13.7. The van der Waals surface area contributed by atoms with E-state index in [0.29, 0.717) is 5.57 Å². The molecule has 5 heteroatoms. The Hall–Kier alpha value is -1.33. The molecule has 94 valence electrons. The molecule has 0 unspecified atom stereocenters. The minimum absolute atomic E-state index is 0.158. The van der Waals surface area contributed by atoms with E-state index < -0.39 is 12.1 Å². The first-order valence-corrected chi connectivity index (χ1v) is 6.02. The first kappa shape index (κ1) is 12.1. The molecule has 4 N–H and O–H groups in total. The highest BCUT2D eigenvalue weighted by Crippen LogP contribution is 2.14. The zero-order chi connectivity index (χ0) is 12.3. The minimum atomic E-state index is -0.938. The number of carbonyl (C=O) groups excluding carboxylic acids is 1. The maximum atomic E-state index is 12.0. The van der Waals surface area contributed by atoms with Crippen LogP contribution in [0, 0.1) is 0 Å². The van der Waals surface area contributed by atoms with E-state index in [1.807, 2.05) is 6.08 Å². The molecule has 2 heterocycles. The Morgan fingerprint density at radius 3 is 2.76 bits per heavy atom. The van der Waals surface area contributed by atoms with Crippen molar-refractivity contribution in [2.75, 3.05) is 19.6 Å². The molecule has 0 aromatic carbocycles. The zero-order valence-corrected chi connectivity index (χ0v) is 9.80. The summed E-state index contributed by atoms with van der Waals surface area (Å²) >= 11 is 0. The fourth-order valence-corrected chi connectivity index (χ4v) is 2.16. The van der Waals surface area contributed by atoms with Gasteiger partial charge in [0.25, 0.3) is 0 Å². The quantitative estimate of drug-likeness (QED) is 0.609. The van der Waals surface area contributed by atoms with E-state index in [1.54, 1.807) is 17.2 Å². The maximum absolute atomic E-state index is 12.0. The van der Waals surface area contributed by atoms with E-state index in [1.165, 1.54) is 0 Å². The number of rotatable bonds is 3. The van der Waals surface area contributed by atoms with Gasteiger partial charge in [0.15, 0.2) is 0 Å². The summed E-state index contributed by atoms with van der Waals surface area (Å²) in [5.74, 6) is -0.158. The first-order chi connectivity index (χ1) is 8.20. The van der Waals surface area contributed by atoms with Crippen LogP contribution in [-0.2, 0) is 4.79 Å². The van der Waals surface area contributed by atoms with Crippen LogP contribution in [0.5, 0.6) is 0 Å². The summed E-state index contributed by atoms with van der Waals surface area (Å²) in [6.45, 7) is 2.25. The molecule has 0 aliphatic carbocycles. The van der Waals surface area contributed by atoms with Crippen LogP contribution < -0.4 is 11.1 Å². The molecular weight excluding hydrogens is 218 g/mol. The Labute approximate surface area is 101 Å². The zero-order valence-electron chi connectivity index (χ0n) is 9.80. The molecule has 2 atom stereocenters. The molecule has 1 saturated heterocycles. The summed E-state index contributed by atoms with van der Waals surface area (Å²) in [6.07, 6.45) is 6.52. The number of amides is 1. The van der Waals surface area contributed by atoms with Crippen molar-refractivity contribution in [3.05, 3.63) is 23.9 Å². The summed E-state index contributed by atoms with van der Waals surface area (Å²) in [7, 11) is 0. The minimum Gasteiger partial charge on any atom is -0.387 e. The van der Waals surface area contributed by atoms with Crippen molar-refractivity contribution in [1.29, 1.82) is 0 Å². The van der Waals surface area contributed by atoms with Gasteiger partial charge in [0.1, 0.15) is 12.1 Å². The maximum Gasteiger partial charge on any atom is 0.242 e. The average molecular weight is 237 g/mol. The van der Waals surface area contributed by atoms with Gasteiger partial charge in [0, 0.05) is 25.8 Å². The number of dihydropyridines is 1.